The van der Waals surface area contributed by atoms with Gasteiger partial charge in [-0.25, -0.2) is 0 Å². The van der Waals surface area contributed by atoms with E-state index in [-0.39, 0.29) is 24.0 Å². The molecule has 1 aromatic heterocycles. The van der Waals surface area contributed by atoms with Gasteiger partial charge in [-0.05, 0) is 37.1 Å². The van der Waals surface area contributed by atoms with Gasteiger partial charge in [0.1, 0.15) is 11.5 Å². The molecule has 2 rings (SSSR count). The molecule has 0 bridgehead atoms. The quantitative estimate of drug-likeness (QED) is 0.359. The number of guanidine groups is 1. The summed E-state index contributed by atoms with van der Waals surface area (Å²) < 4.78 is 11.2. The average molecular weight is 457 g/mol. The van der Waals surface area contributed by atoms with Crippen LogP contribution in [-0.4, -0.2) is 26.2 Å². The maximum atomic E-state index is 5.85. The number of hydrogen-bond donors (Lipinski definition) is 2. The highest BCUT2D eigenvalue weighted by molar-refractivity contribution is 14.0. The number of benzene rings is 1. The highest BCUT2D eigenvalue weighted by Crippen LogP contribution is 2.20. The van der Waals surface area contributed by atoms with E-state index in [9.17, 15) is 0 Å². The standard InChI is InChI=1S/C19H27N3O2.HI/c1-4-11-24-18-13-15(2)7-8-16(18)14-22-19(20-3)21-10-9-17-6-5-12-23-17;/h5-8,12-13H,4,9-11,14H2,1-3H3,(H2,20,21,22);1H. The van der Waals surface area contributed by atoms with Crippen LogP contribution in [0.4, 0.5) is 0 Å². The maximum Gasteiger partial charge on any atom is 0.191 e. The SMILES string of the molecule is CCCOc1cc(C)ccc1CNC(=NC)NCCc1ccco1.I. The Morgan fingerprint density at radius 2 is 2.08 bits per heavy atom. The molecule has 0 aliphatic heterocycles. The lowest BCUT2D eigenvalue weighted by molar-refractivity contribution is 0.313. The molecule has 0 fully saturated rings. The fourth-order valence-electron chi connectivity index (χ4n) is 2.31. The summed E-state index contributed by atoms with van der Waals surface area (Å²) in [6, 6.07) is 10.2. The zero-order valence-electron chi connectivity index (χ0n) is 15.2. The van der Waals surface area contributed by atoms with Crippen molar-refractivity contribution >= 4 is 29.9 Å². The molecule has 1 aromatic carbocycles. The second-order valence-corrected chi connectivity index (χ2v) is 5.64. The molecule has 0 unspecified atom stereocenters. The second kappa shape index (κ2) is 11.8. The van der Waals surface area contributed by atoms with Crippen LogP contribution in [0.5, 0.6) is 5.75 Å². The van der Waals surface area contributed by atoms with E-state index in [1.54, 1.807) is 13.3 Å². The summed E-state index contributed by atoms with van der Waals surface area (Å²) in [7, 11) is 1.77. The normalized spacial score (nSPS) is 10.9. The van der Waals surface area contributed by atoms with Crippen molar-refractivity contribution in [2.45, 2.75) is 33.2 Å². The van der Waals surface area contributed by atoms with Gasteiger partial charge in [-0.15, -0.1) is 24.0 Å². The first kappa shape index (κ1) is 21.3. The fraction of sp³-hybridized carbons (Fsp3) is 0.421. The third-order valence-corrected chi connectivity index (χ3v) is 3.60. The van der Waals surface area contributed by atoms with Crippen molar-refractivity contribution in [2.75, 3.05) is 20.2 Å². The van der Waals surface area contributed by atoms with Crippen LogP contribution in [0.15, 0.2) is 46.0 Å². The minimum atomic E-state index is 0. The molecule has 6 heteroatoms. The van der Waals surface area contributed by atoms with E-state index in [0.717, 1.165) is 49.0 Å². The Labute approximate surface area is 167 Å². The molecule has 0 saturated heterocycles. The van der Waals surface area contributed by atoms with E-state index in [1.165, 1.54) is 5.56 Å². The average Bonchev–Trinajstić information content (AvgIpc) is 3.10. The molecule has 0 aliphatic carbocycles. The molecule has 0 spiro atoms. The molecular formula is C19H28IN3O2. The van der Waals surface area contributed by atoms with Gasteiger partial charge in [0.05, 0.1) is 12.9 Å². The first-order valence-corrected chi connectivity index (χ1v) is 8.42. The highest BCUT2D eigenvalue weighted by atomic mass is 127. The number of nitrogens with zero attached hydrogens (tertiary/aromatic N) is 1. The summed E-state index contributed by atoms with van der Waals surface area (Å²) in [6.07, 6.45) is 3.51. The summed E-state index contributed by atoms with van der Waals surface area (Å²) in [4.78, 5) is 4.25. The van der Waals surface area contributed by atoms with E-state index in [1.807, 2.05) is 12.1 Å². The molecule has 1 heterocycles. The van der Waals surface area contributed by atoms with Crippen LogP contribution in [0.1, 0.15) is 30.2 Å². The first-order chi connectivity index (χ1) is 11.7. The smallest absolute Gasteiger partial charge is 0.191 e. The van der Waals surface area contributed by atoms with E-state index < -0.39 is 0 Å². The Hall–Kier alpha value is -1.70. The number of rotatable bonds is 8. The number of aryl methyl sites for hydroxylation is 1. The minimum Gasteiger partial charge on any atom is -0.493 e. The molecule has 0 amide bonds. The number of halogens is 1. The third-order valence-electron chi connectivity index (χ3n) is 3.60. The minimum absolute atomic E-state index is 0. The molecule has 0 radical (unpaired) electrons. The van der Waals surface area contributed by atoms with Crippen molar-refractivity contribution < 1.29 is 9.15 Å². The van der Waals surface area contributed by atoms with E-state index in [2.05, 4.69) is 47.7 Å². The lowest BCUT2D eigenvalue weighted by atomic mass is 10.1. The van der Waals surface area contributed by atoms with Gasteiger partial charge in [-0.1, -0.05) is 19.1 Å². The number of hydrogen-bond acceptors (Lipinski definition) is 3. The van der Waals surface area contributed by atoms with E-state index in [0.29, 0.717) is 6.54 Å². The predicted octanol–water partition coefficient (Wildman–Crippen LogP) is 3.90. The van der Waals surface area contributed by atoms with Crippen LogP contribution in [0, 0.1) is 6.92 Å². The summed E-state index contributed by atoms with van der Waals surface area (Å²) in [5.74, 6) is 2.67. The van der Waals surface area contributed by atoms with Crippen molar-refractivity contribution in [2.24, 2.45) is 4.99 Å². The lowest BCUT2D eigenvalue weighted by Gasteiger charge is -2.15. The lowest BCUT2D eigenvalue weighted by Crippen LogP contribution is -2.37. The Morgan fingerprint density at radius 1 is 1.24 bits per heavy atom. The largest absolute Gasteiger partial charge is 0.493 e. The van der Waals surface area contributed by atoms with Gasteiger partial charge in [0, 0.05) is 32.1 Å². The van der Waals surface area contributed by atoms with Crippen LogP contribution >= 0.6 is 24.0 Å². The van der Waals surface area contributed by atoms with Crippen LogP contribution in [-0.2, 0) is 13.0 Å². The maximum absolute atomic E-state index is 5.85. The molecule has 2 aromatic rings. The Bertz CT molecular complexity index is 642. The van der Waals surface area contributed by atoms with Gasteiger partial charge in [-0.3, -0.25) is 4.99 Å². The van der Waals surface area contributed by atoms with Crippen molar-refractivity contribution in [3.05, 3.63) is 53.5 Å². The number of ether oxygens (including phenoxy) is 1. The summed E-state index contributed by atoms with van der Waals surface area (Å²) in [5.41, 5.74) is 2.33. The van der Waals surface area contributed by atoms with Gasteiger partial charge in [-0.2, -0.15) is 0 Å². The van der Waals surface area contributed by atoms with E-state index >= 15 is 0 Å². The van der Waals surface area contributed by atoms with Gasteiger partial charge in [0.25, 0.3) is 0 Å². The van der Waals surface area contributed by atoms with Gasteiger partial charge < -0.3 is 19.8 Å². The second-order valence-electron chi connectivity index (χ2n) is 5.64. The highest BCUT2D eigenvalue weighted by Gasteiger charge is 2.06. The van der Waals surface area contributed by atoms with E-state index in [4.69, 9.17) is 9.15 Å². The van der Waals surface area contributed by atoms with Gasteiger partial charge in [0.15, 0.2) is 5.96 Å². The number of nitrogens with one attached hydrogen (secondary N) is 2. The molecule has 0 aliphatic rings. The Morgan fingerprint density at radius 3 is 2.76 bits per heavy atom. The molecule has 138 valence electrons. The first-order valence-electron chi connectivity index (χ1n) is 8.42. The fourth-order valence-corrected chi connectivity index (χ4v) is 2.31. The zero-order chi connectivity index (χ0) is 17.2. The number of furan rings is 1. The monoisotopic (exact) mass is 457 g/mol. The third kappa shape index (κ3) is 7.37. The van der Waals surface area contributed by atoms with Crippen molar-refractivity contribution in [3.8, 4) is 5.75 Å². The van der Waals surface area contributed by atoms with Gasteiger partial charge in [0.2, 0.25) is 0 Å². The van der Waals surface area contributed by atoms with Crippen LogP contribution in [0.25, 0.3) is 0 Å². The molecule has 5 nitrogen and oxygen atoms in total. The van der Waals surface area contributed by atoms with Crippen molar-refractivity contribution in [1.82, 2.24) is 10.6 Å². The molecular weight excluding hydrogens is 429 g/mol. The summed E-state index contributed by atoms with van der Waals surface area (Å²) in [6.45, 7) is 6.34. The topological polar surface area (TPSA) is 58.8 Å². The Kier molecular flexibility index (Phi) is 10.1. The summed E-state index contributed by atoms with van der Waals surface area (Å²) >= 11 is 0. The molecule has 0 saturated carbocycles. The zero-order valence-corrected chi connectivity index (χ0v) is 17.5. The van der Waals surface area contributed by atoms with Crippen LogP contribution < -0.4 is 15.4 Å². The van der Waals surface area contributed by atoms with Crippen LogP contribution in [0.2, 0.25) is 0 Å². The number of aliphatic imine (C=N–C) groups is 1. The van der Waals surface area contributed by atoms with Crippen molar-refractivity contribution in [1.29, 1.82) is 0 Å². The Balaban J connectivity index is 0.00000312. The molecule has 2 N–H and O–H groups in total. The molecule has 0 atom stereocenters. The van der Waals surface area contributed by atoms with Crippen LogP contribution in [0.3, 0.4) is 0 Å². The van der Waals surface area contributed by atoms with Crippen molar-refractivity contribution in [3.63, 3.8) is 0 Å². The molecule has 25 heavy (non-hydrogen) atoms. The summed E-state index contributed by atoms with van der Waals surface area (Å²) in [5, 5.41) is 6.62. The predicted molar refractivity (Wildman–Crippen MR) is 113 cm³/mol. The van der Waals surface area contributed by atoms with Gasteiger partial charge >= 0.3 is 0 Å².